The van der Waals surface area contributed by atoms with Crippen molar-refractivity contribution in [2.75, 3.05) is 5.32 Å². The number of anilines is 1. The molecule has 0 radical (unpaired) electrons. The second kappa shape index (κ2) is 8.61. The zero-order chi connectivity index (χ0) is 23.0. The van der Waals surface area contributed by atoms with E-state index >= 15 is 0 Å². The molecule has 32 heavy (non-hydrogen) atoms. The Labute approximate surface area is 189 Å². The van der Waals surface area contributed by atoms with Crippen molar-refractivity contribution in [2.45, 2.75) is 43.5 Å². The number of sulfonamides is 1. The van der Waals surface area contributed by atoms with Crippen molar-refractivity contribution in [2.24, 2.45) is 0 Å². The minimum Gasteiger partial charge on any atom is -0.339 e. The fourth-order valence-corrected chi connectivity index (χ4v) is 4.71. The molecule has 1 aromatic heterocycles. The van der Waals surface area contributed by atoms with Crippen LogP contribution in [0.5, 0.6) is 0 Å². The van der Waals surface area contributed by atoms with Crippen LogP contribution in [0, 0.1) is 12.7 Å². The Morgan fingerprint density at radius 1 is 1.25 bits per heavy atom. The summed E-state index contributed by atoms with van der Waals surface area (Å²) in [6.45, 7) is 3.05. The number of aromatic nitrogens is 2. The molecule has 1 saturated carbocycles. The molecular weight excluding hydrogens is 459 g/mol. The molecule has 8 nitrogen and oxygen atoms in total. The van der Waals surface area contributed by atoms with E-state index in [-0.39, 0.29) is 21.5 Å². The molecular formula is C21H20ClFN4O4S. The number of amides is 1. The smallest absolute Gasteiger partial charge is 0.242 e. The molecule has 1 aliphatic carbocycles. The summed E-state index contributed by atoms with van der Waals surface area (Å²) in [6.07, 6.45) is 2.01. The molecule has 3 aromatic rings. The highest BCUT2D eigenvalue weighted by molar-refractivity contribution is 7.89. The van der Waals surface area contributed by atoms with E-state index in [2.05, 4.69) is 20.2 Å². The lowest BCUT2D eigenvalue weighted by atomic mass is 10.1. The van der Waals surface area contributed by atoms with E-state index in [1.165, 1.54) is 25.1 Å². The summed E-state index contributed by atoms with van der Waals surface area (Å²) in [5, 5.41) is 6.29. The monoisotopic (exact) mass is 478 g/mol. The van der Waals surface area contributed by atoms with Crippen molar-refractivity contribution in [3.63, 3.8) is 0 Å². The number of aryl methyl sites for hydroxylation is 1. The van der Waals surface area contributed by atoms with Crippen molar-refractivity contribution >= 4 is 33.2 Å². The SMILES string of the molecule is Cc1ccc(-c2noc(C3CC3)n2)cc1S(=O)(=O)NC(C)C(=O)Nc1ccc(F)c(Cl)c1. The molecule has 1 unspecified atom stereocenters. The number of carbonyl (C=O) groups is 1. The Hall–Kier alpha value is -2.82. The maximum Gasteiger partial charge on any atom is 0.242 e. The zero-order valence-electron chi connectivity index (χ0n) is 17.2. The van der Waals surface area contributed by atoms with Crippen LogP contribution in [0.2, 0.25) is 5.02 Å². The number of benzene rings is 2. The van der Waals surface area contributed by atoms with Gasteiger partial charge in [-0.1, -0.05) is 28.9 Å². The molecule has 1 fully saturated rings. The van der Waals surface area contributed by atoms with Gasteiger partial charge in [0, 0.05) is 17.2 Å². The maximum absolute atomic E-state index is 13.3. The highest BCUT2D eigenvalue weighted by Crippen LogP contribution is 2.39. The van der Waals surface area contributed by atoms with Crippen LogP contribution in [0.25, 0.3) is 11.4 Å². The second-order valence-corrected chi connectivity index (χ2v) is 9.76. The molecule has 0 aliphatic heterocycles. The minimum atomic E-state index is -4.05. The first kappa shape index (κ1) is 22.4. The fourth-order valence-electron chi connectivity index (χ4n) is 3.05. The molecule has 4 rings (SSSR count). The summed E-state index contributed by atoms with van der Waals surface area (Å²) < 4.78 is 46.9. The number of carbonyl (C=O) groups excluding carboxylic acids is 1. The molecule has 1 atom stereocenters. The number of hydrogen-bond donors (Lipinski definition) is 2. The Morgan fingerprint density at radius 2 is 2.00 bits per heavy atom. The molecule has 11 heteroatoms. The minimum absolute atomic E-state index is 0.00255. The van der Waals surface area contributed by atoms with E-state index in [0.29, 0.717) is 22.8 Å². The topological polar surface area (TPSA) is 114 Å². The first-order valence-corrected chi connectivity index (χ1v) is 11.7. The number of hydrogen-bond acceptors (Lipinski definition) is 6. The van der Waals surface area contributed by atoms with Crippen molar-refractivity contribution in [3.05, 3.63) is 58.7 Å². The van der Waals surface area contributed by atoms with Gasteiger partial charge in [0.2, 0.25) is 27.6 Å². The Kier molecular flexibility index (Phi) is 6.02. The summed E-state index contributed by atoms with van der Waals surface area (Å²) in [5.74, 6) is -0.115. The predicted octanol–water partition coefficient (Wildman–Crippen LogP) is 4.02. The molecule has 1 aliphatic rings. The second-order valence-electron chi connectivity index (χ2n) is 7.67. The molecule has 1 amide bonds. The Bertz CT molecular complexity index is 1290. The van der Waals surface area contributed by atoms with Gasteiger partial charge in [0.25, 0.3) is 0 Å². The van der Waals surface area contributed by atoms with Gasteiger partial charge < -0.3 is 9.84 Å². The quantitative estimate of drug-likeness (QED) is 0.530. The average Bonchev–Trinajstić information content (AvgIpc) is 3.47. The van der Waals surface area contributed by atoms with E-state index in [1.54, 1.807) is 19.1 Å². The van der Waals surface area contributed by atoms with Crippen LogP contribution < -0.4 is 10.0 Å². The van der Waals surface area contributed by atoms with Crippen LogP contribution >= 0.6 is 11.6 Å². The molecule has 2 N–H and O–H groups in total. The Morgan fingerprint density at radius 3 is 2.69 bits per heavy atom. The summed E-state index contributed by atoms with van der Waals surface area (Å²) in [7, 11) is -4.05. The van der Waals surface area contributed by atoms with Gasteiger partial charge >= 0.3 is 0 Å². The Balaban J connectivity index is 1.51. The van der Waals surface area contributed by atoms with Crippen LogP contribution in [0.1, 0.15) is 37.1 Å². The third-order valence-corrected chi connectivity index (χ3v) is 6.99. The zero-order valence-corrected chi connectivity index (χ0v) is 18.8. The largest absolute Gasteiger partial charge is 0.339 e. The van der Waals surface area contributed by atoms with Gasteiger partial charge in [-0.15, -0.1) is 0 Å². The molecule has 0 spiro atoms. The number of rotatable bonds is 7. The molecule has 1 heterocycles. The van der Waals surface area contributed by atoms with Crippen LogP contribution in [0.15, 0.2) is 45.8 Å². The van der Waals surface area contributed by atoms with Crippen molar-refractivity contribution < 1.29 is 22.1 Å². The number of nitrogens with one attached hydrogen (secondary N) is 2. The highest BCUT2D eigenvalue weighted by atomic mass is 35.5. The van der Waals surface area contributed by atoms with Crippen molar-refractivity contribution in [1.29, 1.82) is 0 Å². The van der Waals surface area contributed by atoms with Gasteiger partial charge in [-0.3, -0.25) is 4.79 Å². The standard InChI is InChI=1S/C21H20ClFN4O4S/c1-11-3-4-14(19-25-21(31-26-19)13-5-6-13)9-18(11)32(29,30)27-12(2)20(28)24-15-7-8-17(23)16(22)10-15/h3-4,7-10,12-13,27H,5-6H2,1-2H3,(H,24,28). The van der Waals surface area contributed by atoms with E-state index in [4.69, 9.17) is 16.1 Å². The highest BCUT2D eigenvalue weighted by Gasteiger charge is 2.30. The summed E-state index contributed by atoms with van der Waals surface area (Å²) in [6, 6.07) is 7.36. The molecule has 0 bridgehead atoms. The van der Waals surface area contributed by atoms with Gasteiger partial charge in [0.1, 0.15) is 5.82 Å². The van der Waals surface area contributed by atoms with Crippen LogP contribution in [-0.2, 0) is 14.8 Å². The van der Waals surface area contributed by atoms with Gasteiger partial charge in [0.05, 0.1) is 16.0 Å². The third kappa shape index (κ3) is 4.82. The van der Waals surface area contributed by atoms with E-state index in [0.717, 1.165) is 18.9 Å². The van der Waals surface area contributed by atoms with Gasteiger partial charge in [-0.25, -0.2) is 12.8 Å². The summed E-state index contributed by atoms with van der Waals surface area (Å²) >= 11 is 5.71. The van der Waals surface area contributed by atoms with E-state index in [1.807, 2.05) is 0 Å². The molecule has 0 saturated heterocycles. The maximum atomic E-state index is 13.3. The predicted molar refractivity (Wildman–Crippen MR) is 116 cm³/mol. The molecule has 168 valence electrons. The summed E-state index contributed by atoms with van der Waals surface area (Å²) in [5.41, 5.74) is 1.23. The van der Waals surface area contributed by atoms with Crippen LogP contribution in [0.4, 0.5) is 10.1 Å². The van der Waals surface area contributed by atoms with Gasteiger partial charge in [0.15, 0.2) is 0 Å². The number of nitrogens with zero attached hydrogens (tertiary/aromatic N) is 2. The third-order valence-electron chi connectivity index (χ3n) is 5.02. The summed E-state index contributed by atoms with van der Waals surface area (Å²) in [4.78, 5) is 16.8. The normalized spacial score (nSPS) is 14.9. The van der Waals surface area contributed by atoms with Gasteiger partial charge in [-0.2, -0.15) is 9.71 Å². The lowest BCUT2D eigenvalue weighted by Gasteiger charge is -2.16. The number of halogens is 2. The first-order valence-electron chi connectivity index (χ1n) is 9.87. The first-order chi connectivity index (χ1) is 15.1. The lowest BCUT2D eigenvalue weighted by molar-refractivity contribution is -0.117. The van der Waals surface area contributed by atoms with Crippen LogP contribution in [-0.4, -0.2) is 30.5 Å². The van der Waals surface area contributed by atoms with Crippen molar-refractivity contribution in [3.8, 4) is 11.4 Å². The lowest BCUT2D eigenvalue weighted by Crippen LogP contribution is -2.41. The van der Waals surface area contributed by atoms with E-state index < -0.39 is 27.8 Å². The molecule has 2 aromatic carbocycles. The average molecular weight is 479 g/mol. The van der Waals surface area contributed by atoms with E-state index in [9.17, 15) is 17.6 Å². The van der Waals surface area contributed by atoms with Crippen LogP contribution in [0.3, 0.4) is 0 Å². The van der Waals surface area contributed by atoms with Crippen molar-refractivity contribution in [1.82, 2.24) is 14.9 Å². The fraction of sp³-hybridized carbons (Fsp3) is 0.286. The van der Waals surface area contributed by atoms with Gasteiger partial charge in [-0.05, 0) is 56.5 Å².